The SMILES string of the molecule is CCc1cc2c3c(c1)[C@@]1([NH2+]CCc4c1[nH]c1ccccc41)C(=O)N3C(C)(C)C[C@H]2C. The number of aryl methyl sites for hydroxylation is 1. The highest BCUT2D eigenvalue weighted by Gasteiger charge is 2.63. The van der Waals surface area contributed by atoms with Gasteiger partial charge in [0, 0.05) is 22.9 Å². The van der Waals surface area contributed by atoms with Crippen molar-refractivity contribution in [3.63, 3.8) is 0 Å². The molecule has 3 aliphatic rings. The van der Waals surface area contributed by atoms with Crippen LogP contribution in [0.3, 0.4) is 0 Å². The van der Waals surface area contributed by atoms with E-state index in [0.717, 1.165) is 37.0 Å². The number of aromatic amines is 1. The van der Waals surface area contributed by atoms with Crippen LogP contribution in [-0.2, 0) is 23.2 Å². The summed E-state index contributed by atoms with van der Waals surface area (Å²) in [5, 5.41) is 3.57. The monoisotopic (exact) mass is 400 g/mol. The van der Waals surface area contributed by atoms with Crippen LogP contribution in [-0.4, -0.2) is 23.0 Å². The lowest BCUT2D eigenvalue weighted by molar-refractivity contribution is -0.714. The van der Waals surface area contributed by atoms with Crippen molar-refractivity contribution in [3.8, 4) is 0 Å². The minimum Gasteiger partial charge on any atom is -0.352 e. The van der Waals surface area contributed by atoms with E-state index in [1.54, 1.807) is 0 Å². The van der Waals surface area contributed by atoms with E-state index in [4.69, 9.17) is 0 Å². The first-order valence-corrected chi connectivity index (χ1v) is 11.3. The minimum atomic E-state index is -0.691. The number of nitrogens with two attached hydrogens (primary N) is 1. The van der Waals surface area contributed by atoms with Crippen LogP contribution in [0.25, 0.3) is 10.9 Å². The van der Waals surface area contributed by atoms with Crippen LogP contribution in [0.15, 0.2) is 36.4 Å². The van der Waals surface area contributed by atoms with E-state index in [-0.39, 0.29) is 11.4 Å². The summed E-state index contributed by atoms with van der Waals surface area (Å²) in [5.74, 6) is 0.682. The first kappa shape index (κ1) is 18.2. The third-order valence-electron chi connectivity index (χ3n) is 7.79. The zero-order chi connectivity index (χ0) is 20.8. The van der Waals surface area contributed by atoms with Gasteiger partial charge in [0.15, 0.2) is 0 Å². The molecule has 3 aromatic rings. The quantitative estimate of drug-likeness (QED) is 0.643. The number of amides is 1. The summed E-state index contributed by atoms with van der Waals surface area (Å²) in [6.07, 6.45) is 2.97. The highest BCUT2D eigenvalue weighted by Crippen LogP contribution is 2.55. The van der Waals surface area contributed by atoms with Gasteiger partial charge in [0.05, 0.1) is 23.5 Å². The van der Waals surface area contributed by atoms with Crippen molar-refractivity contribution in [3.05, 3.63) is 64.3 Å². The molecule has 2 aromatic carbocycles. The second-order valence-corrected chi connectivity index (χ2v) is 10.1. The molecule has 154 valence electrons. The maximum atomic E-state index is 14.4. The van der Waals surface area contributed by atoms with E-state index in [9.17, 15) is 4.79 Å². The summed E-state index contributed by atoms with van der Waals surface area (Å²) in [6.45, 7) is 9.93. The predicted octanol–water partition coefficient (Wildman–Crippen LogP) is 3.73. The number of carbonyl (C=O) groups is 1. The van der Waals surface area contributed by atoms with Gasteiger partial charge in [-0.05, 0) is 61.4 Å². The molecule has 3 aliphatic heterocycles. The predicted molar refractivity (Wildman–Crippen MR) is 120 cm³/mol. The van der Waals surface area contributed by atoms with Gasteiger partial charge in [-0.3, -0.25) is 9.69 Å². The molecule has 4 heteroatoms. The Labute approximate surface area is 177 Å². The lowest BCUT2D eigenvalue weighted by Crippen LogP contribution is -2.99. The number of para-hydroxylation sites is 1. The Bertz CT molecular complexity index is 1220. The molecule has 3 N–H and O–H groups in total. The number of nitrogens with one attached hydrogen (secondary N) is 1. The topological polar surface area (TPSA) is 52.7 Å². The average molecular weight is 401 g/mol. The summed E-state index contributed by atoms with van der Waals surface area (Å²) >= 11 is 0. The largest absolute Gasteiger partial charge is 0.352 e. The zero-order valence-corrected chi connectivity index (χ0v) is 18.3. The number of rotatable bonds is 1. The van der Waals surface area contributed by atoms with E-state index in [0.29, 0.717) is 5.92 Å². The van der Waals surface area contributed by atoms with Crippen LogP contribution in [0.2, 0.25) is 0 Å². The normalized spacial score (nSPS) is 26.3. The van der Waals surface area contributed by atoms with E-state index < -0.39 is 5.54 Å². The molecule has 2 atom stereocenters. The summed E-state index contributed by atoms with van der Waals surface area (Å²) in [4.78, 5) is 20.2. The molecule has 0 saturated heterocycles. The summed E-state index contributed by atoms with van der Waals surface area (Å²) in [5.41, 5.74) is 7.76. The van der Waals surface area contributed by atoms with Crippen molar-refractivity contribution in [2.75, 3.05) is 11.4 Å². The summed E-state index contributed by atoms with van der Waals surface area (Å²) in [7, 11) is 0. The van der Waals surface area contributed by atoms with Crippen molar-refractivity contribution in [1.82, 2.24) is 4.98 Å². The molecule has 1 amide bonds. The number of H-pyrrole nitrogens is 1. The fourth-order valence-electron chi connectivity index (χ4n) is 6.54. The van der Waals surface area contributed by atoms with Gasteiger partial charge >= 0.3 is 0 Å². The fourth-order valence-corrected chi connectivity index (χ4v) is 6.54. The zero-order valence-electron chi connectivity index (χ0n) is 18.3. The Morgan fingerprint density at radius 3 is 2.83 bits per heavy atom. The molecule has 1 aromatic heterocycles. The van der Waals surface area contributed by atoms with Crippen LogP contribution in [0, 0.1) is 0 Å². The van der Waals surface area contributed by atoms with Gasteiger partial charge < -0.3 is 10.3 Å². The lowest BCUT2D eigenvalue weighted by atomic mass is 9.78. The fraction of sp³-hybridized carbons (Fsp3) is 0.423. The molecule has 0 bridgehead atoms. The molecule has 30 heavy (non-hydrogen) atoms. The molecule has 0 unspecified atom stereocenters. The third kappa shape index (κ3) is 2.03. The van der Waals surface area contributed by atoms with Gasteiger partial charge in [0.1, 0.15) is 0 Å². The average Bonchev–Trinajstić information content (AvgIpc) is 3.22. The molecule has 4 heterocycles. The van der Waals surface area contributed by atoms with Gasteiger partial charge in [-0.2, -0.15) is 0 Å². The molecule has 4 nitrogen and oxygen atoms in total. The summed E-state index contributed by atoms with van der Waals surface area (Å²) in [6, 6.07) is 13.2. The molecule has 6 rings (SSSR count). The molecular formula is C26H30N3O+. The first-order valence-electron chi connectivity index (χ1n) is 11.3. The second kappa shape index (κ2) is 5.76. The van der Waals surface area contributed by atoms with Gasteiger partial charge in [-0.15, -0.1) is 0 Å². The standard InChI is InChI=1S/C26H29N3O/c1-5-16-12-19-15(2)14-25(3,4)29-22(19)20(13-16)26(24(29)30)23-18(10-11-27-26)17-8-6-7-9-21(17)28-23/h6-9,12-13,15,27-28H,5,10-11,14H2,1-4H3/p+1/t15-,26+/m1/s1. The smallest absolute Gasteiger partial charge is 0.300 e. The van der Waals surface area contributed by atoms with Crippen molar-refractivity contribution in [1.29, 1.82) is 0 Å². The Morgan fingerprint density at radius 1 is 1.23 bits per heavy atom. The van der Waals surface area contributed by atoms with Crippen LogP contribution < -0.4 is 10.2 Å². The minimum absolute atomic E-state index is 0.188. The summed E-state index contributed by atoms with van der Waals surface area (Å²) < 4.78 is 0. The number of carbonyl (C=O) groups excluding carboxylic acids is 1. The molecule has 0 fully saturated rings. The van der Waals surface area contributed by atoms with E-state index in [1.807, 2.05) is 0 Å². The van der Waals surface area contributed by atoms with Crippen molar-refractivity contribution < 1.29 is 10.1 Å². The number of hydrogen-bond donors (Lipinski definition) is 2. The van der Waals surface area contributed by atoms with Crippen LogP contribution in [0.4, 0.5) is 5.69 Å². The van der Waals surface area contributed by atoms with E-state index in [2.05, 4.69) is 79.3 Å². The van der Waals surface area contributed by atoms with E-state index >= 15 is 0 Å². The maximum Gasteiger partial charge on any atom is 0.300 e. The second-order valence-electron chi connectivity index (χ2n) is 10.1. The number of quaternary nitrogens is 1. The number of aromatic nitrogens is 1. The van der Waals surface area contributed by atoms with Crippen molar-refractivity contribution in [2.24, 2.45) is 0 Å². The number of nitrogens with zero attached hydrogens (tertiary/aromatic N) is 1. The molecular weight excluding hydrogens is 370 g/mol. The van der Waals surface area contributed by atoms with Gasteiger partial charge in [-0.25, -0.2) is 0 Å². The first-order chi connectivity index (χ1) is 14.4. The van der Waals surface area contributed by atoms with Crippen LogP contribution in [0.1, 0.15) is 68.0 Å². The van der Waals surface area contributed by atoms with Gasteiger partial charge in [-0.1, -0.05) is 38.1 Å². The van der Waals surface area contributed by atoms with Gasteiger partial charge in [0.2, 0.25) is 5.54 Å². The van der Waals surface area contributed by atoms with Crippen LogP contribution >= 0.6 is 0 Å². The van der Waals surface area contributed by atoms with Crippen molar-refractivity contribution >= 4 is 22.5 Å². The number of fused-ring (bicyclic) bond motifs is 5. The number of benzene rings is 2. The highest BCUT2D eigenvalue weighted by molar-refractivity contribution is 6.12. The molecule has 0 aliphatic carbocycles. The van der Waals surface area contributed by atoms with E-state index in [1.165, 1.54) is 33.3 Å². The number of anilines is 1. The highest BCUT2D eigenvalue weighted by atomic mass is 16.2. The molecule has 0 radical (unpaired) electrons. The van der Waals surface area contributed by atoms with Crippen molar-refractivity contribution in [2.45, 2.75) is 64.0 Å². The van der Waals surface area contributed by atoms with Gasteiger partial charge in [0.25, 0.3) is 5.91 Å². The number of hydrogen-bond acceptors (Lipinski definition) is 1. The Kier molecular flexibility index (Phi) is 3.49. The maximum absolute atomic E-state index is 14.4. The Morgan fingerprint density at radius 2 is 2.03 bits per heavy atom. The molecule has 1 spiro atoms. The molecule has 0 saturated carbocycles. The Hall–Kier alpha value is -2.59. The van der Waals surface area contributed by atoms with Crippen LogP contribution in [0.5, 0.6) is 0 Å². The Balaban J connectivity index is 1.73. The lowest BCUT2D eigenvalue weighted by Gasteiger charge is -2.44. The third-order valence-corrected chi connectivity index (χ3v) is 7.79.